The van der Waals surface area contributed by atoms with Crippen molar-refractivity contribution in [3.63, 3.8) is 0 Å². The standard InChI is InChI=1S/C8H9BrN2O2S/c1-13-7-3-2-5(9)4-6(7)11(14)8(10)12/h2-4,14H,1H3,(H2,10,12). The molecule has 0 saturated heterocycles. The lowest BCUT2D eigenvalue weighted by molar-refractivity contribution is 0.257. The first-order valence-corrected chi connectivity index (χ1v) is 4.87. The van der Waals surface area contributed by atoms with E-state index in [0.717, 1.165) is 8.78 Å². The van der Waals surface area contributed by atoms with Gasteiger partial charge in [0.05, 0.1) is 12.8 Å². The van der Waals surface area contributed by atoms with E-state index in [0.29, 0.717) is 11.4 Å². The second kappa shape index (κ2) is 4.56. The molecule has 0 bridgehead atoms. The van der Waals surface area contributed by atoms with Crippen molar-refractivity contribution in [2.24, 2.45) is 5.73 Å². The van der Waals surface area contributed by atoms with Crippen LogP contribution < -0.4 is 14.8 Å². The SMILES string of the molecule is COc1ccc(Br)cc1N(S)C(N)=O. The number of anilines is 1. The van der Waals surface area contributed by atoms with Crippen LogP contribution in [-0.2, 0) is 0 Å². The van der Waals surface area contributed by atoms with Crippen molar-refractivity contribution in [3.05, 3.63) is 22.7 Å². The average molecular weight is 277 g/mol. The number of nitrogens with two attached hydrogens (primary N) is 1. The summed E-state index contributed by atoms with van der Waals surface area (Å²) in [5.74, 6) is 0.530. The van der Waals surface area contributed by atoms with Crippen molar-refractivity contribution in [2.45, 2.75) is 0 Å². The van der Waals surface area contributed by atoms with Crippen molar-refractivity contribution in [3.8, 4) is 5.75 Å². The third-order valence-electron chi connectivity index (χ3n) is 1.58. The number of carbonyl (C=O) groups is 1. The molecule has 0 atom stereocenters. The maximum atomic E-state index is 10.9. The minimum atomic E-state index is -0.662. The number of nitrogens with zero attached hydrogens (tertiary/aromatic N) is 1. The van der Waals surface area contributed by atoms with Gasteiger partial charge in [-0.15, -0.1) is 0 Å². The van der Waals surface area contributed by atoms with E-state index >= 15 is 0 Å². The molecule has 0 aliphatic rings. The highest BCUT2D eigenvalue weighted by Gasteiger charge is 2.13. The van der Waals surface area contributed by atoms with Crippen molar-refractivity contribution in [1.29, 1.82) is 0 Å². The van der Waals surface area contributed by atoms with E-state index in [2.05, 4.69) is 28.7 Å². The Morgan fingerprint density at radius 3 is 2.79 bits per heavy atom. The van der Waals surface area contributed by atoms with Gasteiger partial charge in [0.2, 0.25) is 0 Å². The number of carbonyl (C=O) groups excluding carboxylic acids is 1. The predicted molar refractivity (Wildman–Crippen MR) is 61.7 cm³/mol. The number of hydrogen-bond donors (Lipinski definition) is 2. The molecule has 0 spiro atoms. The van der Waals surface area contributed by atoms with Crippen LogP contribution in [0.3, 0.4) is 0 Å². The van der Waals surface area contributed by atoms with Gasteiger partial charge >= 0.3 is 6.03 Å². The highest BCUT2D eigenvalue weighted by Crippen LogP contribution is 2.32. The van der Waals surface area contributed by atoms with Gasteiger partial charge in [0, 0.05) is 4.47 Å². The quantitative estimate of drug-likeness (QED) is 0.814. The third kappa shape index (κ3) is 2.33. The minimum Gasteiger partial charge on any atom is -0.495 e. The fraction of sp³-hybridized carbons (Fsp3) is 0.125. The lowest BCUT2D eigenvalue weighted by Gasteiger charge is -2.16. The van der Waals surface area contributed by atoms with Crippen LogP contribution in [0.25, 0.3) is 0 Å². The van der Waals surface area contributed by atoms with Gasteiger partial charge in [0.15, 0.2) is 0 Å². The summed E-state index contributed by atoms with van der Waals surface area (Å²) in [5, 5.41) is 0. The molecular formula is C8H9BrN2O2S. The number of rotatable bonds is 2. The molecule has 2 N–H and O–H groups in total. The molecule has 6 heteroatoms. The Morgan fingerprint density at radius 1 is 1.64 bits per heavy atom. The Bertz CT molecular complexity index is 359. The molecule has 4 nitrogen and oxygen atoms in total. The molecular weight excluding hydrogens is 268 g/mol. The number of methoxy groups -OCH3 is 1. The van der Waals surface area contributed by atoms with E-state index in [9.17, 15) is 4.79 Å². The zero-order valence-electron chi connectivity index (χ0n) is 7.40. The Balaban J connectivity index is 3.16. The van der Waals surface area contributed by atoms with Gasteiger partial charge in [-0.2, -0.15) is 0 Å². The number of hydrogen-bond acceptors (Lipinski definition) is 3. The van der Waals surface area contributed by atoms with Crippen molar-refractivity contribution in [2.75, 3.05) is 11.4 Å². The second-order valence-electron chi connectivity index (χ2n) is 2.47. The number of urea groups is 1. The predicted octanol–water partition coefficient (Wildman–Crippen LogP) is 2.19. The minimum absolute atomic E-state index is 0.498. The lowest BCUT2D eigenvalue weighted by Crippen LogP contribution is -2.27. The highest BCUT2D eigenvalue weighted by molar-refractivity contribution is 9.10. The molecule has 0 heterocycles. The fourth-order valence-corrected chi connectivity index (χ4v) is 1.45. The fourth-order valence-electron chi connectivity index (χ4n) is 0.947. The molecule has 0 aromatic heterocycles. The van der Waals surface area contributed by atoms with Crippen LogP contribution in [0, 0.1) is 0 Å². The summed E-state index contributed by atoms with van der Waals surface area (Å²) >= 11 is 7.22. The Labute approximate surface area is 95.7 Å². The summed E-state index contributed by atoms with van der Waals surface area (Å²) in [6.07, 6.45) is 0. The maximum Gasteiger partial charge on any atom is 0.329 e. The van der Waals surface area contributed by atoms with E-state index < -0.39 is 6.03 Å². The molecule has 76 valence electrons. The zero-order valence-corrected chi connectivity index (χ0v) is 9.88. The van der Waals surface area contributed by atoms with Gasteiger partial charge in [0.1, 0.15) is 5.75 Å². The monoisotopic (exact) mass is 276 g/mol. The molecule has 0 aliphatic carbocycles. The molecule has 1 aromatic rings. The molecule has 0 fully saturated rings. The molecule has 2 amide bonds. The number of ether oxygens (including phenoxy) is 1. The normalized spacial score (nSPS) is 9.64. The van der Waals surface area contributed by atoms with E-state index in [1.807, 2.05) is 0 Å². The number of primary amides is 1. The van der Waals surface area contributed by atoms with Crippen molar-refractivity contribution >= 4 is 40.5 Å². The molecule has 0 saturated carbocycles. The molecule has 1 aromatic carbocycles. The van der Waals surface area contributed by atoms with Gasteiger partial charge in [-0.3, -0.25) is 0 Å². The second-order valence-corrected chi connectivity index (χ2v) is 3.78. The topological polar surface area (TPSA) is 55.6 Å². The summed E-state index contributed by atoms with van der Waals surface area (Å²) in [4.78, 5) is 10.9. The average Bonchev–Trinajstić information content (AvgIpc) is 2.16. The van der Waals surface area contributed by atoms with Crippen LogP contribution in [0.15, 0.2) is 22.7 Å². The van der Waals surface area contributed by atoms with Crippen LogP contribution in [0.1, 0.15) is 0 Å². The van der Waals surface area contributed by atoms with Crippen LogP contribution in [0.4, 0.5) is 10.5 Å². The molecule has 0 unspecified atom stereocenters. The van der Waals surface area contributed by atoms with E-state index in [-0.39, 0.29) is 0 Å². The van der Waals surface area contributed by atoms with Crippen molar-refractivity contribution in [1.82, 2.24) is 0 Å². The summed E-state index contributed by atoms with van der Waals surface area (Å²) < 4.78 is 6.88. The lowest BCUT2D eigenvalue weighted by atomic mass is 10.3. The van der Waals surface area contributed by atoms with Crippen LogP contribution in [0.2, 0.25) is 0 Å². The van der Waals surface area contributed by atoms with Crippen LogP contribution in [0.5, 0.6) is 5.75 Å². The number of thiol groups is 1. The first kappa shape index (κ1) is 11.2. The third-order valence-corrected chi connectivity index (χ3v) is 2.48. The smallest absolute Gasteiger partial charge is 0.329 e. The number of halogens is 1. The van der Waals surface area contributed by atoms with Crippen molar-refractivity contribution < 1.29 is 9.53 Å². The first-order chi connectivity index (χ1) is 6.56. The first-order valence-electron chi connectivity index (χ1n) is 3.68. The van der Waals surface area contributed by atoms with Crippen LogP contribution >= 0.6 is 28.7 Å². The largest absolute Gasteiger partial charge is 0.495 e. The van der Waals surface area contributed by atoms with Gasteiger partial charge in [-0.1, -0.05) is 28.7 Å². The van der Waals surface area contributed by atoms with Gasteiger partial charge < -0.3 is 10.5 Å². The zero-order chi connectivity index (χ0) is 10.7. The summed E-state index contributed by atoms with van der Waals surface area (Å²) in [5.41, 5.74) is 5.58. The van der Waals surface area contributed by atoms with E-state index in [4.69, 9.17) is 10.5 Å². The van der Waals surface area contributed by atoms with Crippen LogP contribution in [-0.4, -0.2) is 13.1 Å². The van der Waals surface area contributed by atoms with E-state index in [1.54, 1.807) is 18.2 Å². The number of amides is 2. The van der Waals surface area contributed by atoms with Gasteiger partial charge in [-0.05, 0) is 18.2 Å². The Hall–Kier alpha value is -0.880. The molecule has 14 heavy (non-hydrogen) atoms. The Kier molecular flexibility index (Phi) is 3.65. The van der Waals surface area contributed by atoms with Gasteiger partial charge in [0.25, 0.3) is 0 Å². The molecule has 1 rings (SSSR count). The van der Waals surface area contributed by atoms with Gasteiger partial charge in [-0.25, -0.2) is 9.10 Å². The maximum absolute atomic E-state index is 10.9. The molecule has 0 aliphatic heterocycles. The Morgan fingerprint density at radius 2 is 2.29 bits per heavy atom. The highest BCUT2D eigenvalue weighted by atomic mass is 79.9. The number of benzene rings is 1. The molecule has 0 radical (unpaired) electrons. The summed E-state index contributed by atoms with van der Waals surface area (Å²) in [7, 11) is 1.51. The summed E-state index contributed by atoms with van der Waals surface area (Å²) in [6, 6.07) is 4.54. The summed E-state index contributed by atoms with van der Waals surface area (Å²) in [6.45, 7) is 0. The van der Waals surface area contributed by atoms with E-state index in [1.165, 1.54) is 7.11 Å².